The number of fused-ring (bicyclic) bond motifs is 1. The van der Waals surface area contributed by atoms with Crippen molar-refractivity contribution in [1.82, 2.24) is 9.55 Å². The monoisotopic (exact) mass is 358 g/mol. The molecule has 2 heterocycles. The van der Waals surface area contributed by atoms with E-state index in [1.165, 1.54) is 0 Å². The van der Waals surface area contributed by atoms with Gasteiger partial charge >= 0.3 is 0 Å². The first-order valence-corrected chi connectivity index (χ1v) is 8.47. The molecule has 2 aromatic carbocycles. The minimum absolute atomic E-state index is 0.0739. The van der Waals surface area contributed by atoms with Crippen LogP contribution in [0.25, 0.3) is 22.0 Å². The number of hydrogen-bond acceptors (Lipinski definition) is 3. The number of carbonyl (C=O) groups excluding carboxylic acids is 1. The molecule has 0 radical (unpaired) electrons. The lowest BCUT2D eigenvalue weighted by atomic mass is 10.0. The largest absolute Gasteiger partial charge is 0.397 e. The van der Waals surface area contributed by atoms with Crippen molar-refractivity contribution in [3.8, 4) is 11.1 Å². The zero-order valence-corrected chi connectivity index (χ0v) is 14.7. The highest BCUT2D eigenvalue weighted by Gasteiger charge is 2.12. The summed E-state index contributed by atoms with van der Waals surface area (Å²) >= 11 is 0. The number of pyridine rings is 1. The number of nitrogen functional groups attached to an aromatic ring is 1. The van der Waals surface area contributed by atoms with Crippen LogP contribution >= 0.6 is 0 Å². The number of H-pyrrole nitrogens is 1. The fourth-order valence-electron chi connectivity index (χ4n) is 3.11. The van der Waals surface area contributed by atoms with Gasteiger partial charge in [-0.1, -0.05) is 24.3 Å². The maximum Gasteiger partial charge on any atom is 0.274 e. The van der Waals surface area contributed by atoms with Crippen molar-refractivity contribution in [2.75, 3.05) is 11.1 Å². The number of nitrogens with one attached hydrogen (secondary N) is 2. The fraction of sp³-hybridized carbons (Fsp3) is 0.0476. The Hall–Kier alpha value is -3.80. The third-order valence-electron chi connectivity index (χ3n) is 4.56. The van der Waals surface area contributed by atoms with Gasteiger partial charge in [-0.05, 0) is 35.9 Å². The summed E-state index contributed by atoms with van der Waals surface area (Å²) in [7, 11) is 1.72. The van der Waals surface area contributed by atoms with Crippen molar-refractivity contribution in [3.05, 3.63) is 82.9 Å². The third kappa shape index (κ3) is 2.97. The number of benzene rings is 2. The second-order valence-corrected chi connectivity index (χ2v) is 6.34. The normalized spacial score (nSPS) is 10.9. The molecule has 6 nitrogen and oxygen atoms in total. The molecule has 4 aromatic rings. The maximum atomic E-state index is 12.5. The van der Waals surface area contributed by atoms with Gasteiger partial charge in [-0.2, -0.15) is 0 Å². The molecule has 27 heavy (non-hydrogen) atoms. The average Bonchev–Trinajstić information content (AvgIpc) is 3.17. The van der Waals surface area contributed by atoms with Crippen LogP contribution in [0.4, 0.5) is 11.4 Å². The number of nitrogens with zero attached hydrogens (tertiary/aromatic N) is 1. The topological polar surface area (TPSA) is 92.9 Å². The van der Waals surface area contributed by atoms with Crippen LogP contribution in [0.2, 0.25) is 0 Å². The highest BCUT2D eigenvalue weighted by Crippen LogP contribution is 2.27. The zero-order chi connectivity index (χ0) is 19.0. The molecule has 134 valence electrons. The summed E-state index contributed by atoms with van der Waals surface area (Å²) in [6.07, 6.45) is 3.56. The van der Waals surface area contributed by atoms with Gasteiger partial charge in [-0.3, -0.25) is 9.59 Å². The number of para-hydroxylation sites is 2. The molecule has 4 N–H and O–H groups in total. The van der Waals surface area contributed by atoms with E-state index >= 15 is 0 Å². The smallest absolute Gasteiger partial charge is 0.274 e. The summed E-state index contributed by atoms with van der Waals surface area (Å²) in [5.74, 6) is -0.230. The lowest BCUT2D eigenvalue weighted by molar-refractivity contribution is 0.102. The minimum atomic E-state index is -0.230. The van der Waals surface area contributed by atoms with E-state index in [4.69, 9.17) is 5.73 Å². The molecule has 0 saturated heterocycles. The van der Waals surface area contributed by atoms with Crippen molar-refractivity contribution in [3.63, 3.8) is 0 Å². The Bertz CT molecular complexity index is 1200. The number of aromatic amines is 1. The van der Waals surface area contributed by atoms with Crippen LogP contribution in [-0.2, 0) is 7.05 Å². The summed E-state index contributed by atoms with van der Waals surface area (Å²) < 4.78 is 1.55. The number of amides is 1. The van der Waals surface area contributed by atoms with E-state index in [0.29, 0.717) is 22.5 Å². The van der Waals surface area contributed by atoms with Gasteiger partial charge in [-0.15, -0.1) is 0 Å². The van der Waals surface area contributed by atoms with Gasteiger partial charge in [0.05, 0.1) is 11.4 Å². The van der Waals surface area contributed by atoms with Crippen molar-refractivity contribution in [2.24, 2.45) is 7.05 Å². The van der Waals surface area contributed by atoms with Crippen LogP contribution in [0.1, 0.15) is 10.4 Å². The van der Waals surface area contributed by atoms with Crippen LogP contribution < -0.4 is 16.6 Å². The highest BCUT2D eigenvalue weighted by atomic mass is 16.1. The predicted molar refractivity (Wildman–Crippen MR) is 108 cm³/mol. The first-order chi connectivity index (χ1) is 13.0. The van der Waals surface area contributed by atoms with E-state index < -0.39 is 0 Å². The number of nitrogens with two attached hydrogens (primary N) is 1. The lowest BCUT2D eigenvalue weighted by Crippen LogP contribution is -2.16. The molecular formula is C21H18N4O2. The molecule has 1 amide bonds. The highest BCUT2D eigenvalue weighted by molar-refractivity contribution is 6.06. The van der Waals surface area contributed by atoms with Gasteiger partial charge < -0.3 is 20.6 Å². The number of rotatable bonds is 3. The Labute approximate surface area is 155 Å². The second kappa shape index (κ2) is 6.49. The Morgan fingerprint density at radius 2 is 1.81 bits per heavy atom. The Morgan fingerprint density at radius 1 is 1.07 bits per heavy atom. The van der Waals surface area contributed by atoms with Crippen LogP contribution in [0.5, 0.6) is 0 Å². The van der Waals surface area contributed by atoms with Gasteiger partial charge in [0.25, 0.3) is 11.5 Å². The molecule has 0 fully saturated rings. The van der Waals surface area contributed by atoms with Crippen LogP contribution in [0, 0.1) is 0 Å². The Morgan fingerprint density at radius 3 is 2.56 bits per heavy atom. The summed E-state index contributed by atoms with van der Waals surface area (Å²) in [5.41, 5.74) is 9.83. The molecule has 0 aliphatic heterocycles. The number of carbonyl (C=O) groups is 1. The minimum Gasteiger partial charge on any atom is -0.397 e. The average molecular weight is 358 g/mol. The van der Waals surface area contributed by atoms with E-state index in [-0.39, 0.29) is 11.5 Å². The molecule has 0 unspecified atom stereocenters. The van der Waals surface area contributed by atoms with Crippen molar-refractivity contribution in [2.45, 2.75) is 0 Å². The SMILES string of the molecule is Cn1cc(-c2ccc(C(=O)Nc3ccccc3N)cc2)c2cc[nH]c2c1=O. The Kier molecular flexibility index (Phi) is 4.01. The molecule has 0 aliphatic carbocycles. The molecule has 6 heteroatoms. The third-order valence-corrected chi connectivity index (χ3v) is 4.56. The van der Waals surface area contributed by atoms with Crippen molar-refractivity contribution >= 4 is 28.2 Å². The zero-order valence-electron chi connectivity index (χ0n) is 14.7. The van der Waals surface area contributed by atoms with Crippen LogP contribution in [-0.4, -0.2) is 15.5 Å². The van der Waals surface area contributed by atoms with E-state index in [2.05, 4.69) is 10.3 Å². The molecular weight excluding hydrogens is 340 g/mol. The quantitative estimate of drug-likeness (QED) is 0.490. The van der Waals surface area contributed by atoms with E-state index in [1.807, 2.05) is 30.3 Å². The molecule has 0 bridgehead atoms. The van der Waals surface area contributed by atoms with E-state index in [1.54, 1.807) is 48.3 Å². The second-order valence-electron chi connectivity index (χ2n) is 6.34. The van der Waals surface area contributed by atoms with E-state index in [9.17, 15) is 9.59 Å². The summed E-state index contributed by atoms with van der Waals surface area (Å²) in [6.45, 7) is 0. The van der Waals surface area contributed by atoms with Gasteiger partial charge in [-0.25, -0.2) is 0 Å². The van der Waals surface area contributed by atoms with Gasteiger partial charge in [0.1, 0.15) is 5.52 Å². The number of aryl methyl sites for hydroxylation is 1. The van der Waals surface area contributed by atoms with Crippen molar-refractivity contribution < 1.29 is 4.79 Å². The maximum absolute atomic E-state index is 12.5. The molecule has 0 saturated carbocycles. The number of hydrogen-bond donors (Lipinski definition) is 3. The molecule has 0 spiro atoms. The fourth-order valence-corrected chi connectivity index (χ4v) is 3.11. The summed E-state index contributed by atoms with van der Waals surface area (Å²) in [6, 6.07) is 16.3. The molecule has 0 aliphatic rings. The Balaban J connectivity index is 1.66. The predicted octanol–water partition coefficient (Wildman–Crippen LogP) is 3.37. The first kappa shape index (κ1) is 16.7. The lowest BCUT2D eigenvalue weighted by Gasteiger charge is -2.10. The molecule has 4 rings (SSSR count). The molecule has 2 aromatic heterocycles. The van der Waals surface area contributed by atoms with Crippen LogP contribution in [0.3, 0.4) is 0 Å². The summed E-state index contributed by atoms with van der Waals surface area (Å²) in [4.78, 5) is 27.6. The van der Waals surface area contributed by atoms with Gasteiger partial charge in [0, 0.05) is 36.0 Å². The van der Waals surface area contributed by atoms with Gasteiger partial charge in [0.2, 0.25) is 0 Å². The number of aromatic nitrogens is 2. The van der Waals surface area contributed by atoms with Gasteiger partial charge in [0.15, 0.2) is 0 Å². The van der Waals surface area contributed by atoms with E-state index in [0.717, 1.165) is 16.5 Å². The van der Waals surface area contributed by atoms with Crippen molar-refractivity contribution in [1.29, 1.82) is 0 Å². The summed E-state index contributed by atoms with van der Waals surface area (Å²) in [5, 5.41) is 3.67. The standard InChI is InChI=1S/C21H18N4O2/c1-25-12-16(15-10-11-23-19(15)21(25)27)13-6-8-14(9-7-13)20(26)24-18-5-3-2-4-17(18)22/h2-12,23H,22H2,1H3,(H,24,26). The number of anilines is 2. The molecule has 0 atom stereocenters. The van der Waals surface area contributed by atoms with Crippen LogP contribution in [0.15, 0.2) is 71.8 Å². The first-order valence-electron chi connectivity index (χ1n) is 8.47.